The van der Waals surface area contributed by atoms with Crippen LogP contribution in [0.2, 0.25) is 0 Å². The molecule has 0 spiro atoms. The molecule has 0 heterocycles. The highest BCUT2D eigenvalue weighted by molar-refractivity contribution is 4.82. The average molecular weight is 155 g/mol. The Kier molecular flexibility index (Phi) is 2.58. The van der Waals surface area contributed by atoms with Crippen molar-refractivity contribution in [1.29, 1.82) is 0 Å². The standard InChI is InChI=1S/C10H21N/c1-8-4-9(7-11)6-10(2,3)5-8/h8-9H,4-7,11H2,1-3H3/t8-,9-/m1/s1. The van der Waals surface area contributed by atoms with Gasteiger partial charge in [0.15, 0.2) is 0 Å². The summed E-state index contributed by atoms with van der Waals surface area (Å²) in [5.41, 5.74) is 6.23. The van der Waals surface area contributed by atoms with E-state index in [9.17, 15) is 0 Å². The van der Waals surface area contributed by atoms with Crippen LogP contribution in [-0.4, -0.2) is 6.54 Å². The van der Waals surface area contributed by atoms with Crippen LogP contribution in [-0.2, 0) is 0 Å². The van der Waals surface area contributed by atoms with Gasteiger partial charge in [-0.2, -0.15) is 0 Å². The Morgan fingerprint density at radius 1 is 1.36 bits per heavy atom. The molecule has 0 bridgehead atoms. The first-order chi connectivity index (χ1) is 5.03. The molecule has 1 aliphatic rings. The van der Waals surface area contributed by atoms with Crippen molar-refractivity contribution in [2.24, 2.45) is 23.0 Å². The highest BCUT2D eigenvalue weighted by Crippen LogP contribution is 2.40. The van der Waals surface area contributed by atoms with Crippen molar-refractivity contribution in [2.45, 2.75) is 40.0 Å². The Hall–Kier alpha value is -0.0400. The van der Waals surface area contributed by atoms with Crippen molar-refractivity contribution < 1.29 is 0 Å². The minimum atomic E-state index is 0.543. The lowest BCUT2D eigenvalue weighted by Crippen LogP contribution is -2.31. The first-order valence-corrected chi connectivity index (χ1v) is 4.73. The SMILES string of the molecule is C[C@@H]1C[C@@H](CN)CC(C)(C)C1. The lowest BCUT2D eigenvalue weighted by atomic mass is 9.68. The van der Waals surface area contributed by atoms with E-state index < -0.39 is 0 Å². The maximum Gasteiger partial charge on any atom is -0.00486 e. The van der Waals surface area contributed by atoms with Gasteiger partial charge < -0.3 is 5.73 Å². The molecule has 2 atom stereocenters. The maximum atomic E-state index is 5.69. The average Bonchev–Trinajstić information content (AvgIpc) is 1.83. The summed E-state index contributed by atoms with van der Waals surface area (Å²) in [5, 5.41) is 0. The highest BCUT2D eigenvalue weighted by atomic mass is 14.6. The van der Waals surface area contributed by atoms with Gasteiger partial charge in [-0.05, 0) is 43.1 Å². The van der Waals surface area contributed by atoms with Crippen LogP contribution in [0.15, 0.2) is 0 Å². The maximum absolute atomic E-state index is 5.69. The third-order valence-electron chi connectivity index (χ3n) is 2.81. The molecule has 0 amide bonds. The molecule has 1 heteroatoms. The second-order valence-corrected chi connectivity index (χ2v) is 5.02. The summed E-state index contributed by atoms with van der Waals surface area (Å²) in [7, 11) is 0. The van der Waals surface area contributed by atoms with Gasteiger partial charge in [0, 0.05) is 0 Å². The minimum Gasteiger partial charge on any atom is -0.330 e. The van der Waals surface area contributed by atoms with Gasteiger partial charge in [0.1, 0.15) is 0 Å². The van der Waals surface area contributed by atoms with E-state index in [4.69, 9.17) is 5.73 Å². The van der Waals surface area contributed by atoms with E-state index in [1.54, 1.807) is 0 Å². The zero-order chi connectivity index (χ0) is 8.48. The fourth-order valence-electron chi connectivity index (χ4n) is 2.72. The van der Waals surface area contributed by atoms with Gasteiger partial charge in [-0.3, -0.25) is 0 Å². The molecule has 0 aromatic carbocycles. The van der Waals surface area contributed by atoms with Crippen LogP contribution in [0.5, 0.6) is 0 Å². The molecule has 0 unspecified atom stereocenters. The third-order valence-corrected chi connectivity index (χ3v) is 2.81. The van der Waals surface area contributed by atoms with Gasteiger partial charge in [0.05, 0.1) is 0 Å². The Morgan fingerprint density at radius 3 is 2.45 bits per heavy atom. The summed E-state index contributed by atoms with van der Waals surface area (Å²) in [5.74, 6) is 1.67. The fourth-order valence-corrected chi connectivity index (χ4v) is 2.72. The van der Waals surface area contributed by atoms with E-state index in [0.717, 1.165) is 18.4 Å². The first-order valence-electron chi connectivity index (χ1n) is 4.73. The third kappa shape index (κ3) is 2.48. The van der Waals surface area contributed by atoms with Crippen LogP contribution in [0.4, 0.5) is 0 Å². The van der Waals surface area contributed by atoms with Crippen LogP contribution in [0, 0.1) is 17.3 Å². The molecule has 0 radical (unpaired) electrons. The molecule has 1 nitrogen and oxygen atoms in total. The molecule has 0 aromatic heterocycles. The first kappa shape index (κ1) is 9.05. The monoisotopic (exact) mass is 155 g/mol. The number of hydrogen-bond acceptors (Lipinski definition) is 1. The van der Waals surface area contributed by atoms with Crippen molar-refractivity contribution in [3.05, 3.63) is 0 Å². The molecule has 66 valence electrons. The summed E-state index contributed by atoms with van der Waals surface area (Å²) in [6, 6.07) is 0. The quantitative estimate of drug-likeness (QED) is 0.618. The summed E-state index contributed by atoms with van der Waals surface area (Å²) in [4.78, 5) is 0. The Labute approximate surface area is 70.4 Å². The van der Waals surface area contributed by atoms with Crippen LogP contribution in [0.25, 0.3) is 0 Å². The van der Waals surface area contributed by atoms with Crippen LogP contribution in [0.3, 0.4) is 0 Å². The molecular formula is C10H21N. The van der Waals surface area contributed by atoms with Crippen molar-refractivity contribution in [3.63, 3.8) is 0 Å². The van der Waals surface area contributed by atoms with Gasteiger partial charge in [-0.1, -0.05) is 20.8 Å². The molecule has 1 saturated carbocycles. The van der Waals surface area contributed by atoms with Crippen molar-refractivity contribution in [3.8, 4) is 0 Å². The van der Waals surface area contributed by atoms with E-state index in [-0.39, 0.29) is 0 Å². The molecule has 0 aliphatic heterocycles. The van der Waals surface area contributed by atoms with Crippen LogP contribution in [0.1, 0.15) is 40.0 Å². The normalized spacial score (nSPS) is 37.1. The summed E-state index contributed by atoms with van der Waals surface area (Å²) in [6.07, 6.45) is 4.05. The molecular weight excluding hydrogens is 134 g/mol. The van der Waals surface area contributed by atoms with E-state index in [2.05, 4.69) is 20.8 Å². The molecule has 0 saturated heterocycles. The van der Waals surface area contributed by atoms with Crippen molar-refractivity contribution in [2.75, 3.05) is 6.54 Å². The Balaban J connectivity index is 2.51. The lowest BCUT2D eigenvalue weighted by Gasteiger charge is -2.38. The molecule has 1 fully saturated rings. The fraction of sp³-hybridized carbons (Fsp3) is 1.00. The van der Waals surface area contributed by atoms with Crippen molar-refractivity contribution >= 4 is 0 Å². The molecule has 0 aromatic rings. The number of nitrogens with two attached hydrogens (primary N) is 1. The zero-order valence-corrected chi connectivity index (χ0v) is 8.06. The van der Waals surface area contributed by atoms with E-state index in [1.807, 2.05) is 0 Å². The van der Waals surface area contributed by atoms with Gasteiger partial charge in [-0.15, -0.1) is 0 Å². The topological polar surface area (TPSA) is 26.0 Å². The predicted octanol–water partition coefficient (Wildman–Crippen LogP) is 2.41. The molecule has 2 N–H and O–H groups in total. The van der Waals surface area contributed by atoms with E-state index >= 15 is 0 Å². The number of rotatable bonds is 1. The predicted molar refractivity (Wildman–Crippen MR) is 49.3 cm³/mol. The second kappa shape index (κ2) is 3.14. The van der Waals surface area contributed by atoms with Gasteiger partial charge in [0.2, 0.25) is 0 Å². The Morgan fingerprint density at radius 2 is 2.00 bits per heavy atom. The summed E-state index contributed by atoms with van der Waals surface area (Å²) >= 11 is 0. The smallest absolute Gasteiger partial charge is 0.00486 e. The highest BCUT2D eigenvalue weighted by Gasteiger charge is 2.30. The molecule has 1 rings (SSSR count). The summed E-state index contributed by atoms with van der Waals surface area (Å²) < 4.78 is 0. The number of hydrogen-bond donors (Lipinski definition) is 1. The van der Waals surface area contributed by atoms with E-state index in [1.165, 1.54) is 19.3 Å². The van der Waals surface area contributed by atoms with Crippen LogP contribution >= 0.6 is 0 Å². The van der Waals surface area contributed by atoms with Crippen molar-refractivity contribution in [1.82, 2.24) is 0 Å². The molecule has 11 heavy (non-hydrogen) atoms. The summed E-state index contributed by atoms with van der Waals surface area (Å²) in [6.45, 7) is 7.97. The zero-order valence-electron chi connectivity index (χ0n) is 8.06. The second-order valence-electron chi connectivity index (χ2n) is 5.02. The Bertz CT molecular complexity index is 129. The van der Waals surface area contributed by atoms with E-state index in [0.29, 0.717) is 5.41 Å². The van der Waals surface area contributed by atoms with Gasteiger partial charge in [-0.25, -0.2) is 0 Å². The van der Waals surface area contributed by atoms with Gasteiger partial charge in [0.25, 0.3) is 0 Å². The van der Waals surface area contributed by atoms with Crippen LogP contribution < -0.4 is 5.73 Å². The van der Waals surface area contributed by atoms with Gasteiger partial charge >= 0.3 is 0 Å². The minimum absolute atomic E-state index is 0.543. The molecule has 1 aliphatic carbocycles. The lowest BCUT2D eigenvalue weighted by molar-refractivity contribution is 0.137. The largest absolute Gasteiger partial charge is 0.330 e.